The molecule has 4 aromatic rings. The van der Waals surface area contributed by atoms with E-state index in [1.165, 1.54) is 0 Å². The first kappa shape index (κ1) is 61.2. The van der Waals surface area contributed by atoms with Crippen molar-refractivity contribution in [1.82, 2.24) is 19.9 Å². The van der Waals surface area contributed by atoms with Crippen LogP contribution in [0.15, 0.2) is 164 Å². The maximum atomic E-state index is 14.7. The van der Waals surface area contributed by atoms with Crippen LogP contribution in [0.25, 0.3) is 22.3 Å². The summed E-state index contributed by atoms with van der Waals surface area (Å²) in [6.45, 7) is 50.5. The largest absolute Gasteiger partial charge is 0.354 e. The molecule has 1 aliphatic heterocycles. The van der Waals surface area contributed by atoms with E-state index in [-0.39, 0.29) is 23.1 Å². The van der Waals surface area contributed by atoms with E-state index >= 15 is 0 Å². The summed E-state index contributed by atoms with van der Waals surface area (Å²) in [5, 5.41) is 0. The quantitative estimate of drug-likeness (QED) is 0.123. The highest BCUT2D eigenvalue weighted by Gasteiger charge is 2.40. The topological polar surface area (TPSA) is 131 Å². The fraction of sp³-hybridized carbons (Fsp3) is 0.421. The third-order valence-corrected chi connectivity index (χ3v) is 16.9. The van der Waals surface area contributed by atoms with Crippen molar-refractivity contribution in [3.8, 4) is 0 Å². The van der Waals surface area contributed by atoms with Gasteiger partial charge in [0.25, 0.3) is 0 Å². The lowest BCUT2D eigenvalue weighted by molar-refractivity contribution is -0.114. The molecule has 0 fully saturated rings. The lowest BCUT2D eigenvalue weighted by Crippen LogP contribution is -2.28. The lowest BCUT2D eigenvalue weighted by atomic mass is 9.71. The third-order valence-electron chi connectivity index (χ3n) is 16.9. The molecule has 0 saturated heterocycles. The summed E-state index contributed by atoms with van der Waals surface area (Å²) < 4.78 is 0. The first-order chi connectivity index (χ1) is 38.3. The van der Waals surface area contributed by atoms with Gasteiger partial charge in [0.1, 0.15) is 0 Å². The number of hydrogen-bond donors (Lipinski definition) is 4. The van der Waals surface area contributed by atoms with Gasteiger partial charge in [0.2, 0.25) is 0 Å². The smallest absolute Gasteiger partial charge is 0.186 e. The molecule has 4 aliphatic carbocycles. The molecule has 5 aliphatic rings. The van der Waals surface area contributed by atoms with E-state index in [4.69, 9.17) is 0 Å². The van der Waals surface area contributed by atoms with Gasteiger partial charge in [-0.2, -0.15) is 0 Å². The Morgan fingerprint density at radius 1 is 0.202 bits per heavy atom. The molecule has 0 unspecified atom stereocenters. The Balaban J connectivity index is 1.51. The zero-order valence-corrected chi connectivity index (χ0v) is 54.9. The molecule has 0 amide bonds. The van der Waals surface area contributed by atoms with E-state index in [1.807, 2.05) is 0 Å². The summed E-state index contributed by atoms with van der Waals surface area (Å²) in [6, 6.07) is 17.1. The molecule has 0 atom stereocenters. The molecule has 0 saturated carbocycles. The highest BCUT2D eigenvalue weighted by atomic mass is 16.1. The predicted molar refractivity (Wildman–Crippen MR) is 348 cm³/mol. The first-order valence-corrected chi connectivity index (χ1v) is 30.1. The van der Waals surface area contributed by atoms with Gasteiger partial charge in [-0.25, -0.2) is 0 Å². The zero-order chi connectivity index (χ0) is 62.3. The van der Waals surface area contributed by atoms with E-state index in [0.717, 1.165) is 135 Å². The number of aromatic nitrogens is 4. The molecule has 0 aromatic carbocycles. The summed E-state index contributed by atoms with van der Waals surface area (Å²) in [4.78, 5) is 74.7. The summed E-state index contributed by atoms with van der Waals surface area (Å²) in [5.41, 5.74) is 15.6. The average Bonchev–Trinajstić information content (AvgIpc) is 2.61. The van der Waals surface area contributed by atoms with Gasteiger partial charge >= 0.3 is 0 Å². The number of ketones is 4. The number of carbonyl (C=O) groups is 4. The van der Waals surface area contributed by atoms with Crippen LogP contribution in [0.3, 0.4) is 0 Å². The Hall–Kier alpha value is -7.32. The van der Waals surface area contributed by atoms with E-state index < -0.39 is 43.3 Å². The van der Waals surface area contributed by atoms with Gasteiger partial charge in [-0.05, 0) is 163 Å². The molecule has 8 bridgehead atoms. The standard InChI is InChI=1S/C76H92N4O4/c1-69(2,3)45-33-41(34-46(65(45)81)70(4,5)6)61-53-25-27-55(77-53)62(42-35-47(71(7,8)9)66(82)48(36-42)72(10,11)12)57-29-31-59(79-57)64(44-39-51(75(19,20)21)68(84)52(40-44)76(22,23)24)60-32-30-58(80-60)63(56-28-26-54(61)78-56)43-37-49(73(13,14)15)67(83)50(38-43)74(16,17)18/h25-40,77-80H,1-24H3. The van der Waals surface area contributed by atoms with Crippen LogP contribution in [0.2, 0.25) is 0 Å². The van der Waals surface area contributed by atoms with Crippen molar-refractivity contribution in [2.24, 2.45) is 43.3 Å². The molecule has 4 N–H and O–H groups in total. The highest BCUT2D eigenvalue weighted by molar-refractivity contribution is 6.15. The molecule has 8 heteroatoms. The van der Waals surface area contributed by atoms with Crippen LogP contribution in [0, 0.1) is 43.3 Å². The molecule has 8 nitrogen and oxygen atoms in total. The molecule has 440 valence electrons. The summed E-state index contributed by atoms with van der Waals surface area (Å²) in [5.74, 6) is 0.185. The van der Waals surface area contributed by atoms with Gasteiger partial charge < -0.3 is 19.9 Å². The van der Waals surface area contributed by atoms with Crippen LogP contribution in [0.1, 0.15) is 212 Å². The normalized spacial score (nSPS) is 18.5. The molecule has 0 spiro atoms. The maximum absolute atomic E-state index is 14.7. The van der Waals surface area contributed by atoms with Crippen LogP contribution >= 0.6 is 0 Å². The van der Waals surface area contributed by atoms with Crippen LogP contribution in [0.4, 0.5) is 0 Å². The number of aromatic amines is 4. The minimum absolute atomic E-state index is 0.0462. The van der Waals surface area contributed by atoms with Crippen molar-refractivity contribution in [3.05, 3.63) is 210 Å². The third kappa shape index (κ3) is 11.4. The summed E-state index contributed by atoms with van der Waals surface area (Å²) in [7, 11) is 0. The second kappa shape index (κ2) is 20.2. The van der Waals surface area contributed by atoms with Gasteiger partial charge in [-0.15, -0.1) is 0 Å². The number of rotatable bonds is 0. The number of H-pyrrole nitrogens is 4. The second-order valence-corrected chi connectivity index (χ2v) is 32.2. The Kier molecular flexibility index (Phi) is 14.7. The summed E-state index contributed by atoms with van der Waals surface area (Å²) >= 11 is 0. The molecule has 0 radical (unpaired) electrons. The van der Waals surface area contributed by atoms with Crippen molar-refractivity contribution in [3.63, 3.8) is 0 Å². The summed E-state index contributed by atoms with van der Waals surface area (Å²) in [6.07, 6.45) is 16.7. The average molecular weight is 1130 g/mol. The van der Waals surface area contributed by atoms with E-state index in [0.29, 0.717) is 0 Å². The van der Waals surface area contributed by atoms with E-state index in [1.54, 1.807) is 0 Å². The number of nitrogens with one attached hydrogen (secondary N) is 4. The van der Waals surface area contributed by atoms with Gasteiger partial charge in [0.15, 0.2) is 23.1 Å². The fourth-order valence-corrected chi connectivity index (χ4v) is 12.1. The maximum Gasteiger partial charge on any atom is 0.186 e. The van der Waals surface area contributed by atoms with E-state index in [9.17, 15) is 19.2 Å². The SMILES string of the molecule is CC(C)(C)C1=CC(=C2c3ccc([nH]3)C(=C3C=C(C(C)(C)C)C(=O)C(C(C)(C)C)=C3)c3ccc([nH]3)C(=C3C=C(C(C)(C)C)C(=O)C(C(C)(C)C)=C3)c3ccc([nH]3)C(=C3C=C(C(C)(C)C)C(=O)C(C(C)(C)C)=C3)c3ccc2[nH]3)C=C(C(C)(C)C)C1=O. The van der Waals surface area contributed by atoms with Crippen molar-refractivity contribution in [1.29, 1.82) is 0 Å². The van der Waals surface area contributed by atoms with Crippen molar-refractivity contribution in [2.75, 3.05) is 0 Å². The number of Topliss-reactive ketones (excluding diaryl/α,β-unsaturated/α-hetero) is 4. The predicted octanol–water partition coefficient (Wildman–Crippen LogP) is 18.6. The lowest BCUT2D eigenvalue weighted by Gasteiger charge is -2.32. The number of allylic oxidation sites excluding steroid dienone is 20. The first-order valence-electron chi connectivity index (χ1n) is 30.1. The van der Waals surface area contributed by atoms with Crippen LogP contribution in [-0.4, -0.2) is 43.1 Å². The van der Waals surface area contributed by atoms with Crippen LogP contribution in [0.5, 0.6) is 0 Å². The second-order valence-electron chi connectivity index (χ2n) is 32.2. The Morgan fingerprint density at radius 3 is 0.405 bits per heavy atom. The molecule has 9 rings (SSSR count). The molecule has 5 heterocycles. The fourth-order valence-electron chi connectivity index (χ4n) is 12.1. The molecular formula is C76H92N4O4. The number of carbonyl (C=O) groups excluding carboxylic acids is 4. The van der Waals surface area contributed by atoms with Gasteiger partial charge in [-0.1, -0.05) is 166 Å². The van der Waals surface area contributed by atoms with Gasteiger partial charge in [-0.3, -0.25) is 19.2 Å². The van der Waals surface area contributed by atoms with Crippen molar-refractivity contribution < 1.29 is 19.2 Å². The zero-order valence-electron chi connectivity index (χ0n) is 54.9. The minimum atomic E-state index is -0.478. The Labute approximate surface area is 501 Å². The van der Waals surface area contributed by atoms with Crippen LogP contribution < -0.4 is 0 Å². The monoisotopic (exact) mass is 1120 g/mol. The number of fused-ring (bicyclic) bond motifs is 8. The molecule has 84 heavy (non-hydrogen) atoms. The molecular weight excluding hydrogens is 1030 g/mol. The van der Waals surface area contributed by atoms with Crippen molar-refractivity contribution >= 4 is 45.4 Å². The van der Waals surface area contributed by atoms with Gasteiger partial charge in [0.05, 0.1) is 0 Å². The van der Waals surface area contributed by atoms with Crippen molar-refractivity contribution in [2.45, 2.75) is 166 Å². The Bertz CT molecular complexity index is 3180. The highest BCUT2D eigenvalue weighted by Crippen LogP contribution is 2.48. The van der Waals surface area contributed by atoms with Gasteiger partial charge in [0, 0.05) is 112 Å². The Morgan fingerprint density at radius 2 is 0.310 bits per heavy atom. The van der Waals surface area contributed by atoms with Crippen LogP contribution in [-0.2, 0) is 19.2 Å². The number of hydrogen-bond acceptors (Lipinski definition) is 4. The molecule has 4 aromatic heterocycles. The minimum Gasteiger partial charge on any atom is -0.354 e. The van der Waals surface area contributed by atoms with E-state index in [2.05, 4.69) is 283 Å².